The molecular formula is C12H15Cl3O3S. The average molecular weight is 346 g/mol. The summed E-state index contributed by atoms with van der Waals surface area (Å²) in [5.74, 6) is 0.964. The molecule has 1 rings (SSSR count). The SMILES string of the molecule is CC(C)CCCOc1ccc(S(=O)(=O)Cl)c(Cl)c1Cl. The molecule has 0 N–H and O–H groups in total. The molecule has 0 aliphatic heterocycles. The molecule has 0 amide bonds. The highest BCUT2D eigenvalue weighted by Crippen LogP contribution is 2.37. The van der Waals surface area contributed by atoms with Crippen LogP contribution in [0, 0.1) is 5.92 Å². The lowest BCUT2D eigenvalue weighted by Crippen LogP contribution is -2.01. The molecule has 0 aliphatic carbocycles. The Morgan fingerprint density at radius 2 is 1.84 bits per heavy atom. The molecule has 0 atom stereocenters. The third-order valence-electron chi connectivity index (χ3n) is 2.46. The van der Waals surface area contributed by atoms with Crippen molar-refractivity contribution in [3.8, 4) is 5.75 Å². The fraction of sp³-hybridized carbons (Fsp3) is 0.500. The Morgan fingerprint density at radius 1 is 1.21 bits per heavy atom. The summed E-state index contributed by atoms with van der Waals surface area (Å²) < 4.78 is 27.9. The zero-order valence-electron chi connectivity index (χ0n) is 10.6. The maximum atomic E-state index is 11.2. The van der Waals surface area contributed by atoms with Crippen LogP contribution in [0.5, 0.6) is 5.75 Å². The molecule has 0 unspecified atom stereocenters. The van der Waals surface area contributed by atoms with Gasteiger partial charge in [0.1, 0.15) is 15.7 Å². The Labute approximate surface area is 128 Å². The van der Waals surface area contributed by atoms with Crippen LogP contribution in [0.3, 0.4) is 0 Å². The predicted octanol–water partition coefficient (Wildman–Crippen LogP) is 4.74. The standard InChI is InChI=1S/C12H15Cl3O3S/c1-8(2)4-3-7-18-9-5-6-10(19(15,16)17)12(14)11(9)13/h5-6,8H,3-4,7H2,1-2H3. The van der Waals surface area contributed by atoms with Crippen LogP contribution in [-0.2, 0) is 9.05 Å². The summed E-state index contributed by atoms with van der Waals surface area (Å²) in [6.45, 7) is 4.76. The topological polar surface area (TPSA) is 43.4 Å². The Balaban J connectivity index is 2.80. The van der Waals surface area contributed by atoms with E-state index in [2.05, 4.69) is 13.8 Å². The van der Waals surface area contributed by atoms with Gasteiger partial charge in [0.15, 0.2) is 0 Å². The first-order chi connectivity index (χ1) is 8.73. The van der Waals surface area contributed by atoms with Crippen molar-refractivity contribution in [3.05, 3.63) is 22.2 Å². The predicted molar refractivity (Wildman–Crippen MR) is 79.1 cm³/mol. The van der Waals surface area contributed by atoms with E-state index in [0.29, 0.717) is 18.3 Å². The van der Waals surface area contributed by atoms with E-state index in [4.69, 9.17) is 38.6 Å². The highest BCUT2D eigenvalue weighted by atomic mass is 35.7. The number of hydrogen-bond donors (Lipinski definition) is 0. The summed E-state index contributed by atoms with van der Waals surface area (Å²) in [5.41, 5.74) is 0. The van der Waals surface area contributed by atoms with Gasteiger partial charge in [0.25, 0.3) is 9.05 Å². The van der Waals surface area contributed by atoms with Gasteiger partial charge in [-0.3, -0.25) is 0 Å². The van der Waals surface area contributed by atoms with Gasteiger partial charge in [-0.1, -0.05) is 37.0 Å². The van der Waals surface area contributed by atoms with E-state index in [1.165, 1.54) is 12.1 Å². The van der Waals surface area contributed by atoms with Gasteiger partial charge in [0, 0.05) is 10.7 Å². The lowest BCUT2D eigenvalue weighted by molar-refractivity contribution is 0.298. The molecule has 1 aromatic rings. The summed E-state index contributed by atoms with van der Waals surface area (Å²) in [6, 6.07) is 2.74. The molecule has 0 saturated heterocycles. The van der Waals surface area contributed by atoms with E-state index >= 15 is 0 Å². The largest absolute Gasteiger partial charge is 0.492 e. The van der Waals surface area contributed by atoms with Crippen LogP contribution in [0.1, 0.15) is 26.7 Å². The zero-order chi connectivity index (χ0) is 14.6. The van der Waals surface area contributed by atoms with Crippen molar-refractivity contribution in [2.24, 2.45) is 5.92 Å². The van der Waals surface area contributed by atoms with Gasteiger partial charge in [-0.05, 0) is 30.9 Å². The van der Waals surface area contributed by atoms with Crippen molar-refractivity contribution in [2.75, 3.05) is 6.61 Å². The number of benzene rings is 1. The highest BCUT2D eigenvalue weighted by Gasteiger charge is 2.19. The van der Waals surface area contributed by atoms with Crippen molar-refractivity contribution in [1.82, 2.24) is 0 Å². The quantitative estimate of drug-likeness (QED) is 0.552. The van der Waals surface area contributed by atoms with Crippen molar-refractivity contribution in [1.29, 1.82) is 0 Å². The first-order valence-corrected chi connectivity index (χ1v) is 8.85. The second-order valence-corrected chi connectivity index (χ2v) is 7.80. The molecule has 0 aliphatic rings. The van der Waals surface area contributed by atoms with Gasteiger partial charge in [-0.25, -0.2) is 8.42 Å². The lowest BCUT2D eigenvalue weighted by atomic mass is 10.1. The van der Waals surface area contributed by atoms with Crippen LogP contribution in [0.4, 0.5) is 0 Å². The molecule has 0 saturated carbocycles. The Kier molecular flexibility index (Phi) is 6.24. The van der Waals surface area contributed by atoms with E-state index in [9.17, 15) is 8.42 Å². The fourth-order valence-electron chi connectivity index (χ4n) is 1.49. The smallest absolute Gasteiger partial charge is 0.262 e. The van der Waals surface area contributed by atoms with Crippen LogP contribution in [0.15, 0.2) is 17.0 Å². The minimum atomic E-state index is -3.91. The summed E-state index contributed by atoms with van der Waals surface area (Å²) in [6.07, 6.45) is 1.93. The summed E-state index contributed by atoms with van der Waals surface area (Å²) in [7, 11) is 1.33. The van der Waals surface area contributed by atoms with Gasteiger partial charge in [-0.2, -0.15) is 0 Å². The Hall–Kier alpha value is -0.160. The first kappa shape index (κ1) is 16.9. The van der Waals surface area contributed by atoms with Crippen LogP contribution in [0.25, 0.3) is 0 Å². The van der Waals surface area contributed by atoms with Crippen LogP contribution in [-0.4, -0.2) is 15.0 Å². The van der Waals surface area contributed by atoms with Crippen molar-refractivity contribution < 1.29 is 13.2 Å². The lowest BCUT2D eigenvalue weighted by Gasteiger charge is -2.11. The maximum absolute atomic E-state index is 11.2. The Bertz CT molecular complexity index is 541. The number of halogens is 3. The minimum Gasteiger partial charge on any atom is -0.492 e. The molecule has 0 heterocycles. The van der Waals surface area contributed by atoms with E-state index in [1.54, 1.807) is 0 Å². The summed E-state index contributed by atoms with van der Waals surface area (Å²) in [5, 5.41) is -0.0500. The van der Waals surface area contributed by atoms with Crippen molar-refractivity contribution in [2.45, 2.75) is 31.6 Å². The van der Waals surface area contributed by atoms with Crippen LogP contribution < -0.4 is 4.74 Å². The van der Waals surface area contributed by atoms with Gasteiger partial charge >= 0.3 is 0 Å². The highest BCUT2D eigenvalue weighted by molar-refractivity contribution is 8.13. The summed E-state index contributed by atoms with van der Waals surface area (Å²) >= 11 is 11.8. The molecule has 0 fully saturated rings. The maximum Gasteiger partial charge on any atom is 0.262 e. The Morgan fingerprint density at radius 3 is 2.37 bits per heavy atom. The molecule has 1 aromatic carbocycles. The number of hydrogen-bond acceptors (Lipinski definition) is 3. The van der Waals surface area contributed by atoms with E-state index < -0.39 is 9.05 Å². The van der Waals surface area contributed by atoms with E-state index in [-0.39, 0.29) is 14.9 Å². The van der Waals surface area contributed by atoms with Crippen LogP contribution >= 0.6 is 33.9 Å². The molecule has 0 spiro atoms. The molecule has 19 heavy (non-hydrogen) atoms. The van der Waals surface area contributed by atoms with E-state index in [1.807, 2.05) is 0 Å². The third-order valence-corrected chi connectivity index (χ3v) is 4.80. The monoisotopic (exact) mass is 344 g/mol. The molecular weight excluding hydrogens is 331 g/mol. The van der Waals surface area contributed by atoms with Gasteiger partial charge in [0.05, 0.1) is 11.6 Å². The van der Waals surface area contributed by atoms with Gasteiger partial charge in [0.2, 0.25) is 0 Å². The van der Waals surface area contributed by atoms with Crippen molar-refractivity contribution >= 4 is 42.9 Å². The van der Waals surface area contributed by atoms with Gasteiger partial charge in [-0.15, -0.1) is 0 Å². The number of ether oxygens (including phenoxy) is 1. The van der Waals surface area contributed by atoms with Crippen molar-refractivity contribution in [3.63, 3.8) is 0 Å². The second-order valence-electron chi connectivity index (χ2n) is 4.51. The third kappa shape index (κ3) is 5.03. The molecule has 0 bridgehead atoms. The molecule has 108 valence electrons. The summed E-state index contributed by atoms with van der Waals surface area (Å²) in [4.78, 5) is -0.213. The average Bonchev–Trinajstić information content (AvgIpc) is 2.27. The minimum absolute atomic E-state index is 0.0629. The first-order valence-electron chi connectivity index (χ1n) is 5.79. The van der Waals surface area contributed by atoms with Gasteiger partial charge < -0.3 is 4.74 Å². The fourth-order valence-corrected chi connectivity index (χ4v) is 3.27. The molecule has 0 aromatic heterocycles. The van der Waals surface area contributed by atoms with E-state index in [0.717, 1.165) is 12.8 Å². The normalized spacial score (nSPS) is 11.9. The molecule has 3 nitrogen and oxygen atoms in total. The zero-order valence-corrected chi connectivity index (χ0v) is 13.7. The molecule has 7 heteroatoms. The molecule has 0 radical (unpaired) electrons. The number of rotatable bonds is 6. The van der Waals surface area contributed by atoms with Crippen LogP contribution in [0.2, 0.25) is 10.0 Å². The second kappa shape index (κ2) is 7.02.